The van der Waals surface area contributed by atoms with Gasteiger partial charge in [-0.2, -0.15) is 0 Å². The standard InChI is InChI=1S/C13H17ClN2O/c1-2-17-12(13-15-8-3-9-16-13)10-4-6-11(14)7-5-10/h4-7,12H,2-3,8-9H2,1H3,(H,15,16)/t12-/m0/s1. The van der Waals surface area contributed by atoms with Crippen molar-refractivity contribution in [2.24, 2.45) is 4.99 Å². The van der Waals surface area contributed by atoms with E-state index in [1.54, 1.807) is 0 Å². The fourth-order valence-electron chi connectivity index (χ4n) is 1.86. The molecule has 1 aromatic carbocycles. The number of aliphatic imine (C=N–C) groups is 1. The van der Waals surface area contributed by atoms with E-state index in [1.807, 2.05) is 31.2 Å². The van der Waals surface area contributed by atoms with Gasteiger partial charge in [0.05, 0.1) is 0 Å². The Balaban J connectivity index is 2.21. The number of rotatable bonds is 4. The third kappa shape index (κ3) is 3.20. The first-order valence-electron chi connectivity index (χ1n) is 5.96. The van der Waals surface area contributed by atoms with Crippen LogP contribution in [0.2, 0.25) is 5.02 Å². The number of halogens is 1. The molecule has 0 radical (unpaired) electrons. The second-order valence-corrected chi connectivity index (χ2v) is 4.37. The summed E-state index contributed by atoms with van der Waals surface area (Å²) >= 11 is 5.89. The van der Waals surface area contributed by atoms with Gasteiger partial charge in [0.15, 0.2) is 0 Å². The zero-order valence-electron chi connectivity index (χ0n) is 9.95. The molecular formula is C13H17ClN2O. The minimum absolute atomic E-state index is 0.0995. The largest absolute Gasteiger partial charge is 0.371 e. The molecule has 0 unspecified atom stereocenters. The van der Waals surface area contributed by atoms with E-state index in [9.17, 15) is 0 Å². The lowest BCUT2D eigenvalue weighted by atomic mass is 10.1. The van der Waals surface area contributed by atoms with Crippen LogP contribution in [-0.2, 0) is 4.74 Å². The fourth-order valence-corrected chi connectivity index (χ4v) is 1.99. The van der Waals surface area contributed by atoms with Crippen LogP contribution in [0.15, 0.2) is 29.3 Å². The van der Waals surface area contributed by atoms with Crippen LogP contribution in [0.3, 0.4) is 0 Å². The van der Waals surface area contributed by atoms with Crippen molar-refractivity contribution in [3.05, 3.63) is 34.9 Å². The second kappa shape index (κ2) is 6.03. The lowest BCUT2D eigenvalue weighted by molar-refractivity contribution is 0.107. The van der Waals surface area contributed by atoms with Crippen molar-refractivity contribution in [3.8, 4) is 0 Å². The van der Waals surface area contributed by atoms with Gasteiger partial charge in [0.25, 0.3) is 0 Å². The zero-order chi connectivity index (χ0) is 12.1. The molecule has 1 N–H and O–H groups in total. The molecule has 17 heavy (non-hydrogen) atoms. The Kier molecular flexibility index (Phi) is 4.40. The Hall–Kier alpha value is -1.06. The Morgan fingerprint density at radius 3 is 2.76 bits per heavy atom. The van der Waals surface area contributed by atoms with Crippen molar-refractivity contribution in [1.82, 2.24) is 5.32 Å². The fraction of sp³-hybridized carbons (Fsp3) is 0.462. The quantitative estimate of drug-likeness (QED) is 0.894. The molecular weight excluding hydrogens is 236 g/mol. The Bertz CT molecular complexity index is 389. The van der Waals surface area contributed by atoms with E-state index in [-0.39, 0.29) is 6.10 Å². The third-order valence-electron chi connectivity index (χ3n) is 2.68. The highest BCUT2D eigenvalue weighted by Gasteiger charge is 2.19. The van der Waals surface area contributed by atoms with Gasteiger partial charge >= 0.3 is 0 Å². The van der Waals surface area contributed by atoms with E-state index in [0.29, 0.717) is 6.61 Å². The summed E-state index contributed by atoms with van der Waals surface area (Å²) in [5.41, 5.74) is 1.09. The van der Waals surface area contributed by atoms with E-state index in [4.69, 9.17) is 16.3 Å². The third-order valence-corrected chi connectivity index (χ3v) is 2.93. The molecule has 0 bridgehead atoms. The van der Waals surface area contributed by atoms with Crippen LogP contribution in [0, 0.1) is 0 Å². The minimum Gasteiger partial charge on any atom is -0.371 e. The average Bonchev–Trinajstić information content (AvgIpc) is 2.38. The van der Waals surface area contributed by atoms with Crippen molar-refractivity contribution in [2.75, 3.05) is 19.7 Å². The molecule has 2 rings (SSSR count). The maximum absolute atomic E-state index is 5.89. The van der Waals surface area contributed by atoms with Crippen LogP contribution in [0.4, 0.5) is 0 Å². The van der Waals surface area contributed by atoms with Crippen molar-refractivity contribution in [3.63, 3.8) is 0 Å². The topological polar surface area (TPSA) is 33.6 Å². The van der Waals surface area contributed by atoms with Gasteiger partial charge in [-0.3, -0.25) is 4.99 Å². The summed E-state index contributed by atoms with van der Waals surface area (Å²) in [6, 6.07) is 7.74. The van der Waals surface area contributed by atoms with Crippen LogP contribution in [-0.4, -0.2) is 25.5 Å². The first kappa shape index (κ1) is 12.4. The molecule has 0 aromatic heterocycles. The van der Waals surface area contributed by atoms with E-state index in [1.165, 1.54) is 0 Å². The van der Waals surface area contributed by atoms with Crippen LogP contribution >= 0.6 is 11.6 Å². The van der Waals surface area contributed by atoms with E-state index in [2.05, 4.69) is 10.3 Å². The zero-order valence-corrected chi connectivity index (χ0v) is 10.7. The SMILES string of the molecule is CCO[C@H](C1=NCCCN1)c1ccc(Cl)cc1. The van der Waals surface area contributed by atoms with Crippen molar-refractivity contribution >= 4 is 17.4 Å². The van der Waals surface area contributed by atoms with E-state index in [0.717, 1.165) is 35.9 Å². The Morgan fingerprint density at radius 2 is 2.18 bits per heavy atom. The molecule has 92 valence electrons. The highest BCUT2D eigenvalue weighted by atomic mass is 35.5. The number of hydrogen-bond donors (Lipinski definition) is 1. The van der Waals surface area contributed by atoms with Crippen LogP contribution < -0.4 is 5.32 Å². The van der Waals surface area contributed by atoms with Crippen molar-refractivity contribution in [1.29, 1.82) is 0 Å². The summed E-state index contributed by atoms with van der Waals surface area (Å²) < 4.78 is 5.77. The molecule has 0 amide bonds. The maximum atomic E-state index is 5.89. The highest BCUT2D eigenvalue weighted by molar-refractivity contribution is 6.30. The van der Waals surface area contributed by atoms with E-state index >= 15 is 0 Å². The molecule has 0 saturated heterocycles. The van der Waals surface area contributed by atoms with E-state index < -0.39 is 0 Å². The summed E-state index contributed by atoms with van der Waals surface area (Å²) in [6.07, 6.45) is 0.987. The first-order chi connectivity index (χ1) is 8.31. The molecule has 1 aliphatic rings. The predicted molar refractivity (Wildman–Crippen MR) is 70.7 cm³/mol. The van der Waals surface area contributed by atoms with Gasteiger partial charge in [-0.1, -0.05) is 23.7 Å². The summed E-state index contributed by atoms with van der Waals surface area (Å²) in [7, 11) is 0. The van der Waals surface area contributed by atoms with Gasteiger partial charge < -0.3 is 10.1 Å². The van der Waals surface area contributed by atoms with Gasteiger partial charge in [-0.05, 0) is 31.0 Å². The molecule has 3 nitrogen and oxygen atoms in total. The lowest BCUT2D eigenvalue weighted by Crippen LogP contribution is -2.35. The maximum Gasteiger partial charge on any atom is 0.139 e. The number of nitrogens with zero attached hydrogens (tertiary/aromatic N) is 1. The van der Waals surface area contributed by atoms with Crippen LogP contribution in [0.25, 0.3) is 0 Å². The number of amidine groups is 1. The number of ether oxygens (including phenoxy) is 1. The lowest BCUT2D eigenvalue weighted by Gasteiger charge is -2.23. The monoisotopic (exact) mass is 252 g/mol. The molecule has 1 aliphatic heterocycles. The van der Waals surface area contributed by atoms with Gasteiger partial charge in [-0.15, -0.1) is 0 Å². The van der Waals surface area contributed by atoms with Gasteiger partial charge in [-0.25, -0.2) is 0 Å². The van der Waals surface area contributed by atoms with Gasteiger partial charge in [0.1, 0.15) is 11.9 Å². The summed E-state index contributed by atoms with van der Waals surface area (Å²) in [5, 5.41) is 4.05. The average molecular weight is 253 g/mol. The van der Waals surface area contributed by atoms with Crippen LogP contribution in [0.1, 0.15) is 25.0 Å². The molecule has 0 saturated carbocycles. The normalized spacial score (nSPS) is 17.2. The number of hydrogen-bond acceptors (Lipinski definition) is 3. The number of nitrogens with one attached hydrogen (secondary N) is 1. The molecule has 1 aromatic rings. The van der Waals surface area contributed by atoms with Crippen molar-refractivity contribution in [2.45, 2.75) is 19.4 Å². The highest BCUT2D eigenvalue weighted by Crippen LogP contribution is 2.21. The van der Waals surface area contributed by atoms with Crippen molar-refractivity contribution < 1.29 is 4.74 Å². The smallest absolute Gasteiger partial charge is 0.139 e. The minimum atomic E-state index is -0.0995. The molecule has 1 heterocycles. The number of benzene rings is 1. The van der Waals surface area contributed by atoms with Gasteiger partial charge in [0, 0.05) is 24.7 Å². The summed E-state index contributed by atoms with van der Waals surface area (Å²) in [6.45, 7) is 4.50. The molecule has 0 aliphatic carbocycles. The Labute approximate surface area is 107 Å². The Morgan fingerprint density at radius 1 is 1.41 bits per heavy atom. The molecule has 1 atom stereocenters. The molecule has 0 spiro atoms. The summed E-state index contributed by atoms with van der Waals surface area (Å²) in [4.78, 5) is 4.49. The molecule has 4 heteroatoms. The summed E-state index contributed by atoms with van der Waals surface area (Å²) in [5.74, 6) is 0.931. The second-order valence-electron chi connectivity index (χ2n) is 3.93. The first-order valence-corrected chi connectivity index (χ1v) is 6.34. The predicted octanol–water partition coefficient (Wildman–Crippen LogP) is 2.81. The molecule has 0 fully saturated rings. The van der Waals surface area contributed by atoms with Gasteiger partial charge in [0.2, 0.25) is 0 Å². The van der Waals surface area contributed by atoms with Crippen LogP contribution in [0.5, 0.6) is 0 Å².